The van der Waals surface area contributed by atoms with Crippen LogP contribution in [0.3, 0.4) is 0 Å². The molecular formula is C20H20N2O4S. The Morgan fingerprint density at radius 2 is 1.89 bits per heavy atom. The smallest absolute Gasteiger partial charge is 0.240 e. The molecule has 0 spiro atoms. The molecule has 2 aromatic carbocycles. The fourth-order valence-electron chi connectivity index (χ4n) is 3.14. The lowest BCUT2D eigenvalue weighted by Gasteiger charge is -2.16. The first kappa shape index (κ1) is 17.8. The van der Waals surface area contributed by atoms with Gasteiger partial charge in [-0.3, -0.25) is 0 Å². The highest BCUT2D eigenvalue weighted by Crippen LogP contribution is 2.25. The van der Waals surface area contributed by atoms with Crippen LogP contribution in [-0.2, 0) is 16.4 Å². The van der Waals surface area contributed by atoms with E-state index in [-0.39, 0.29) is 10.9 Å². The van der Waals surface area contributed by atoms with Crippen LogP contribution in [0.5, 0.6) is 5.75 Å². The van der Waals surface area contributed by atoms with E-state index in [0.717, 1.165) is 23.3 Å². The van der Waals surface area contributed by atoms with E-state index in [1.165, 1.54) is 0 Å². The zero-order valence-corrected chi connectivity index (χ0v) is 15.7. The second kappa shape index (κ2) is 7.17. The Kier molecular flexibility index (Phi) is 4.72. The Hall–Kier alpha value is -2.64. The fourth-order valence-corrected chi connectivity index (χ4v) is 4.39. The van der Waals surface area contributed by atoms with Crippen molar-refractivity contribution in [2.45, 2.75) is 30.7 Å². The van der Waals surface area contributed by atoms with Crippen LogP contribution in [0.2, 0.25) is 0 Å². The van der Waals surface area contributed by atoms with Crippen LogP contribution in [0.1, 0.15) is 17.9 Å². The maximum Gasteiger partial charge on any atom is 0.240 e. The average Bonchev–Trinajstić information content (AvgIpc) is 3.00. The predicted molar refractivity (Wildman–Crippen MR) is 101 cm³/mol. The minimum Gasteiger partial charge on any atom is -0.492 e. The van der Waals surface area contributed by atoms with Crippen LogP contribution in [0, 0.1) is 6.92 Å². The van der Waals surface area contributed by atoms with Gasteiger partial charge in [0.25, 0.3) is 0 Å². The van der Waals surface area contributed by atoms with Crippen molar-refractivity contribution in [2.75, 3.05) is 6.61 Å². The van der Waals surface area contributed by atoms with Gasteiger partial charge >= 0.3 is 0 Å². The number of para-hydroxylation sites is 1. The molecule has 0 bridgehead atoms. The Morgan fingerprint density at radius 1 is 1.11 bits per heavy atom. The van der Waals surface area contributed by atoms with Gasteiger partial charge in [-0.2, -0.15) is 0 Å². The quantitative estimate of drug-likeness (QED) is 0.746. The molecule has 4 rings (SSSR count). The molecule has 1 N–H and O–H groups in total. The van der Waals surface area contributed by atoms with E-state index >= 15 is 0 Å². The maximum absolute atomic E-state index is 12.7. The van der Waals surface area contributed by atoms with Gasteiger partial charge in [-0.25, -0.2) is 18.1 Å². The minimum atomic E-state index is -3.63. The summed E-state index contributed by atoms with van der Waals surface area (Å²) in [5.41, 5.74) is 2.59. The van der Waals surface area contributed by atoms with Crippen LogP contribution >= 0.6 is 0 Å². The van der Waals surface area contributed by atoms with Crippen LogP contribution in [0.4, 0.5) is 0 Å². The number of fused-ring (bicyclic) bond motifs is 1. The van der Waals surface area contributed by atoms with Gasteiger partial charge in [0.15, 0.2) is 5.89 Å². The summed E-state index contributed by atoms with van der Waals surface area (Å²) in [7, 11) is -3.63. The van der Waals surface area contributed by atoms with E-state index in [1.807, 2.05) is 24.3 Å². The summed E-state index contributed by atoms with van der Waals surface area (Å²) >= 11 is 0. The summed E-state index contributed by atoms with van der Waals surface area (Å²) in [4.78, 5) is 4.46. The van der Waals surface area contributed by atoms with E-state index in [1.54, 1.807) is 37.5 Å². The molecule has 3 aromatic rings. The summed E-state index contributed by atoms with van der Waals surface area (Å²) in [6.07, 6.45) is 3.01. The molecule has 1 aliphatic rings. The van der Waals surface area contributed by atoms with Crippen molar-refractivity contribution in [2.24, 2.45) is 0 Å². The van der Waals surface area contributed by atoms with Gasteiger partial charge in [0.2, 0.25) is 10.0 Å². The second-order valence-electron chi connectivity index (χ2n) is 6.55. The highest BCUT2D eigenvalue weighted by Gasteiger charge is 2.23. The van der Waals surface area contributed by atoms with Crippen LogP contribution in [-0.4, -0.2) is 26.1 Å². The van der Waals surface area contributed by atoms with Crippen LogP contribution in [0.25, 0.3) is 11.3 Å². The van der Waals surface area contributed by atoms with E-state index < -0.39 is 10.0 Å². The fraction of sp³-hybridized carbons (Fsp3) is 0.250. The Labute approximate surface area is 158 Å². The van der Waals surface area contributed by atoms with Crippen molar-refractivity contribution >= 4 is 10.0 Å². The molecule has 1 unspecified atom stereocenters. The molecule has 1 aliphatic heterocycles. The van der Waals surface area contributed by atoms with E-state index in [4.69, 9.17) is 9.15 Å². The van der Waals surface area contributed by atoms with Gasteiger partial charge in [-0.1, -0.05) is 30.3 Å². The Balaban J connectivity index is 1.47. The lowest BCUT2D eigenvalue weighted by molar-refractivity contribution is 0.284. The first-order valence-corrected chi connectivity index (χ1v) is 10.3. The number of hydrogen-bond acceptors (Lipinski definition) is 5. The molecular weight excluding hydrogens is 364 g/mol. The average molecular weight is 384 g/mol. The first-order chi connectivity index (χ1) is 13.0. The standard InChI is InChI=1S/C20H20N2O4S/c1-14-21-19(13-25-14)15-7-10-18(11-8-15)27(23,24)22-17-9-6-16-4-2-3-5-20(16)26-12-17/h2-5,7-8,10-11,13,17,22H,6,9,12H2,1H3. The summed E-state index contributed by atoms with van der Waals surface area (Å²) in [5.74, 6) is 1.39. The van der Waals surface area contributed by atoms with Crippen LogP contribution in [0.15, 0.2) is 64.1 Å². The molecule has 27 heavy (non-hydrogen) atoms. The summed E-state index contributed by atoms with van der Waals surface area (Å²) < 4.78 is 39.2. The van der Waals surface area contributed by atoms with Crippen molar-refractivity contribution in [3.63, 3.8) is 0 Å². The number of nitrogens with one attached hydrogen (secondary N) is 1. The zero-order valence-electron chi connectivity index (χ0n) is 14.9. The summed E-state index contributed by atoms with van der Waals surface area (Å²) in [6, 6.07) is 14.1. The topological polar surface area (TPSA) is 81.4 Å². The van der Waals surface area contributed by atoms with Crippen LogP contribution < -0.4 is 9.46 Å². The highest BCUT2D eigenvalue weighted by atomic mass is 32.2. The molecule has 0 amide bonds. The van der Waals surface area contributed by atoms with Crippen molar-refractivity contribution in [1.29, 1.82) is 0 Å². The van der Waals surface area contributed by atoms with Crippen molar-refractivity contribution in [3.05, 3.63) is 66.2 Å². The van der Waals surface area contributed by atoms with Crippen molar-refractivity contribution < 1.29 is 17.6 Å². The molecule has 2 heterocycles. The molecule has 0 saturated carbocycles. The highest BCUT2D eigenvalue weighted by molar-refractivity contribution is 7.89. The third-order valence-corrected chi connectivity index (χ3v) is 6.11. The molecule has 1 atom stereocenters. The number of nitrogens with zero attached hydrogens (tertiary/aromatic N) is 1. The molecule has 140 valence electrons. The number of hydrogen-bond donors (Lipinski definition) is 1. The van der Waals surface area contributed by atoms with Gasteiger partial charge in [-0.15, -0.1) is 0 Å². The first-order valence-electron chi connectivity index (χ1n) is 8.77. The summed E-state index contributed by atoms with van der Waals surface area (Å²) in [6.45, 7) is 2.08. The number of benzene rings is 2. The molecule has 1 aromatic heterocycles. The van der Waals surface area contributed by atoms with Gasteiger partial charge in [0, 0.05) is 12.5 Å². The molecule has 7 heteroatoms. The monoisotopic (exact) mass is 384 g/mol. The number of aromatic nitrogens is 1. The molecule has 0 saturated heterocycles. The summed E-state index contributed by atoms with van der Waals surface area (Å²) in [5, 5.41) is 0. The van der Waals surface area contributed by atoms with Crippen molar-refractivity contribution in [3.8, 4) is 17.0 Å². The minimum absolute atomic E-state index is 0.216. The number of aryl methyl sites for hydroxylation is 2. The van der Waals surface area contributed by atoms with Gasteiger partial charge in [0.1, 0.15) is 24.3 Å². The maximum atomic E-state index is 12.7. The zero-order chi connectivity index (χ0) is 18.9. The van der Waals surface area contributed by atoms with Gasteiger partial charge in [-0.05, 0) is 36.6 Å². The number of rotatable bonds is 4. The van der Waals surface area contributed by atoms with Crippen molar-refractivity contribution in [1.82, 2.24) is 9.71 Å². The molecule has 0 radical (unpaired) electrons. The lowest BCUT2D eigenvalue weighted by atomic mass is 10.1. The molecule has 0 aliphatic carbocycles. The number of ether oxygens (including phenoxy) is 1. The normalized spacial score (nSPS) is 17.0. The van der Waals surface area contributed by atoms with Gasteiger partial charge < -0.3 is 9.15 Å². The van der Waals surface area contributed by atoms with E-state index in [0.29, 0.717) is 24.6 Å². The number of sulfonamides is 1. The predicted octanol–water partition coefficient (Wildman–Crippen LogP) is 3.32. The molecule has 0 fully saturated rings. The van der Waals surface area contributed by atoms with E-state index in [9.17, 15) is 8.42 Å². The Bertz CT molecular complexity index is 1010. The SMILES string of the molecule is Cc1nc(-c2ccc(S(=O)(=O)NC3CCc4ccccc4OC3)cc2)co1. The molecule has 6 nitrogen and oxygen atoms in total. The third-order valence-electron chi connectivity index (χ3n) is 4.58. The number of oxazole rings is 1. The third kappa shape index (κ3) is 3.89. The second-order valence-corrected chi connectivity index (χ2v) is 8.27. The Morgan fingerprint density at radius 3 is 2.63 bits per heavy atom. The van der Waals surface area contributed by atoms with Gasteiger partial charge in [0.05, 0.1) is 10.9 Å². The van der Waals surface area contributed by atoms with E-state index in [2.05, 4.69) is 9.71 Å². The largest absolute Gasteiger partial charge is 0.492 e. The lowest BCUT2D eigenvalue weighted by Crippen LogP contribution is -2.38.